The van der Waals surface area contributed by atoms with Gasteiger partial charge in [0.2, 0.25) is 0 Å². The molecule has 1 atom stereocenters. The molecule has 21 heavy (non-hydrogen) atoms. The van der Waals surface area contributed by atoms with Gasteiger partial charge < -0.3 is 19.3 Å². The zero-order valence-corrected chi connectivity index (χ0v) is 13.2. The molecule has 0 aromatic heterocycles. The lowest BCUT2D eigenvalue weighted by Crippen LogP contribution is -2.29. The highest BCUT2D eigenvalue weighted by Gasteiger charge is 2.22. The number of ether oxygens (including phenoxy) is 2. The smallest absolute Gasteiger partial charge is 0.462 e. The van der Waals surface area contributed by atoms with Crippen LogP contribution in [0.5, 0.6) is 0 Å². The maximum atomic E-state index is 11.6. The first-order valence-electron chi connectivity index (χ1n) is 6.83. The van der Waals surface area contributed by atoms with Crippen molar-refractivity contribution in [2.24, 2.45) is 0 Å². The third kappa shape index (κ3) is 12.5. The summed E-state index contributed by atoms with van der Waals surface area (Å²) in [5.41, 5.74) is 0. The SMILES string of the molecule is CCCCCC(=O)OC(COC(=O)CC)COP(=O)(O)O. The van der Waals surface area contributed by atoms with Gasteiger partial charge in [-0.3, -0.25) is 14.1 Å². The first-order valence-corrected chi connectivity index (χ1v) is 8.36. The van der Waals surface area contributed by atoms with E-state index in [0.717, 1.165) is 12.8 Å². The van der Waals surface area contributed by atoms with Gasteiger partial charge in [0, 0.05) is 12.8 Å². The van der Waals surface area contributed by atoms with Gasteiger partial charge in [-0.15, -0.1) is 0 Å². The Balaban J connectivity index is 4.31. The van der Waals surface area contributed by atoms with Crippen LogP contribution in [-0.2, 0) is 28.2 Å². The van der Waals surface area contributed by atoms with Crippen molar-refractivity contribution < 1.29 is 37.9 Å². The van der Waals surface area contributed by atoms with Gasteiger partial charge in [0.15, 0.2) is 6.10 Å². The third-order valence-corrected chi connectivity index (χ3v) is 2.92. The highest BCUT2D eigenvalue weighted by molar-refractivity contribution is 7.46. The number of carbonyl (C=O) groups is 2. The Hall–Kier alpha value is -0.950. The van der Waals surface area contributed by atoms with Gasteiger partial charge in [0.1, 0.15) is 6.61 Å². The molecule has 0 aliphatic rings. The van der Waals surface area contributed by atoms with Crippen LogP contribution in [0.15, 0.2) is 0 Å². The molecule has 0 rings (SSSR count). The van der Waals surface area contributed by atoms with Crippen LogP contribution in [0.25, 0.3) is 0 Å². The van der Waals surface area contributed by atoms with E-state index in [2.05, 4.69) is 4.52 Å². The Bertz CT molecular complexity index is 364. The van der Waals surface area contributed by atoms with Gasteiger partial charge in [0.25, 0.3) is 0 Å². The quantitative estimate of drug-likeness (QED) is 0.333. The van der Waals surface area contributed by atoms with Crippen LogP contribution in [0.4, 0.5) is 0 Å². The van der Waals surface area contributed by atoms with Crippen molar-refractivity contribution in [1.29, 1.82) is 0 Å². The van der Waals surface area contributed by atoms with E-state index >= 15 is 0 Å². The number of hydrogen-bond donors (Lipinski definition) is 2. The molecule has 0 aliphatic carbocycles. The zero-order chi connectivity index (χ0) is 16.3. The number of carbonyl (C=O) groups excluding carboxylic acids is 2. The molecule has 0 aromatic rings. The second kappa shape index (κ2) is 10.7. The summed E-state index contributed by atoms with van der Waals surface area (Å²) in [6.45, 7) is 2.75. The highest BCUT2D eigenvalue weighted by atomic mass is 31.2. The van der Waals surface area contributed by atoms with E-state index in [0.29, 0.717) is 6.42 Å². The summed E-state index contributed by atoms with van der Waals surface area (Å²) in [4.78, 5) is 39.9. The molecule has 2 N–H and O–H groups in total. The van der Waals surface area contributed by atoms with Crippen LogP contribution >= 0.6 is 7.82 Å². The average molecular weight is 326 g/mol. The second-order valence-electron chi connectivity index (χ2n) is 4.39. The number of rotatable bonds is 11. The van der Waals surface area contributed by atoms with Crippen molar-refractivity contribution in [1.82, 2.24) is 0 Å². The van der Waals surface area contributed by atoms with Crippen LogP contribution < -0.4 is 0 Å². The molecule has 0 bridgehead atoms. The number of unbranched alkanes of at least 4 members (excludes halogenated alkanes) is 2. The first kappa shape index (κ1) is 20.1. The van der Waals surface area contributed by atoms with Gasteiger partial charge in [-0.25, -0.2) is 4.57 Å². The van der Waals surface area contributed by atoms with Crippen molar-refractivity contribution in [3.63, 3.8) is 0 Å². The fourth-order valence-corrected chi connectivity index (χ4v) is 1.71. The molecule has 0 radical (unpaired) electrons. The normalized spacial score (nSPS) is 12.8. The minimum Gasteiger partial charge on any atom is -0.462 e. The van der Waals surface area contributed by atoms with Crippen molar-refractivity contribution in [2.75, 3.05) is 13.2 Å². The molecule has 0 saturated carbocycles. The maximum Gasteiger partial charge on any atom is 0.469 e. The van der Waals surface area contributed by atoms with Gasteiger partial charge in [0.05, 0.1) is 6.61 Å². The zero-order valence-electron chi connectivity index (χ0n) is 12.3. The molecule has 0 aromatic carbocycles. The van der Waals surface area contributed by atoms with E-state index in [9.17, 15) is 14.2 Å². The average Bonchev–Trinajstić information content (AvgIpc) is 2.40. The summed E-state index contributed by atoms with van der Waals surface area (Å²) in [6.07, 6.45) is 1.80. The Kier molecular flexibility index (Phi) is 10.2. The fraction of sp³-hybridized carbons (Fsp3) is 0.833. The predicted octanol–water partition coefficient (Wildman–Crippen LogP) is 1.54. The Morgan fingerprint density at radius 3 is 2.29 bits per heavy atom. The number of phosphoric ester groups is 1. The Labute approximate surface area is 124 Å². The second-order valence-corrected chi connectivity index (χ2v) is 5.63. The van der Waals surface area contributed by atoms with Crippen LogP contribution in [0, 0.1) is 0 Å². The van der Waals surface area contributed by atoms with Gasteiger partial charge in [-0.05, 0) is 6.42 Å². The lowest BCUT2D eigenvalue weighted by molar-refractivity contribution is -0.161. The lowest BCUT2D eigenvalue weighted by Gasteiger charge is -2.18. The number of phosphoric acid groups is 1. The Morgan fingerprint density at radius 2 is 1.76 bits per heavy atom. The van der Waals surface area contributed by atoms with Crippen molar-refractivity contribution >= 4 is 19.8 Å². The molecule has 1 unspecified atom stereocenters. The number of hydrogen-bond acceptors (Lipinski definition) is 6. The number of esters is 2. The largest absolute Gasteiger partial charge is 0.469 e. The summed E-state index contributed by atoms with van der Waals surface area (Å²) in [6, 6.07) is 0. The summed E-state index contributed by atoms with van der Waals surface area (Å²) in [7, 11) is -4.68. The van der Waals surface area contributed by atoms with Crippen molar-refractivity contribution in [3.05, 3.63) is 0 Å². The molecule has 0 spiro atoms. The monoisotopic (exact) mass is 326 g/mol. The van der Waals surface area contributed by atoms with Crippen LogP contribution in [-0.4, -0.2) is 41.0 Å². The first-order chi connectivity index (χ1) is 9.78. The van der Waals surface area contributed by atoms with E-state index in [1.165, 1.54) is 0 Å². The van der Waals surface area contributed by atoms with Gasteiger partial charge >= 0.3 is 19.8 Å². The molecule has 0 aliphatic heterocycles. The van der Waals surface area contributed by atoms with Crippen LogP contribution in [0.3, 0.4) is 0 Å². The molecule has 0 heterocycles. The highest BCUT2D eigenvalue weighted by Crippen LogP contribution is 2.35. The standard InChI is InChI=1S/C12H23O8P/c1-3-5-6-7-12(14)20-10(8-18-11(13)4-2)9-19-21(15,16)17/h10H,3-9H2,1-2H3,(H2,15,16,17). The van der Waals surface area contributed by atoms with E-state index < -0.39 is 32.5 Å². The van der Waals surface area contributed by atoms with Crippen molar-refractivity contribution in [2.45, 2.75) is 52.1 Å². The van der Waals surface area contributed by atoms with Gasteiger partial charge in [-0.1, -0.05) is 26.7 Å². The van der Waals surface area contributed by atoms with E-state index in [-0.39, 0.29) is 19.4 Å². The summed E-state index contributed by atoms with van der Waals surface area (Å²) in [5, 5.41) is 0. The summed E-state index contributed by atoms with van der Waals surface area (Å²) in [5.74, 6) is -1.02. The third-order valence-electron chi connectivity index (χ3n) is 2.43. The van der Waals surface area contributed by atoms with E-state index in [1.807, 2.05) is 6.92 Å². The van der Waals surface area contributed by atoms with E-state index in [1.54, 1.807) is 6.92 Å². The molecular weight excluding hydrogens is 303 g/mol. The fourth-order valence-electron chi connectivity index (χ4n) is 1.35. The van der Waals surface area contributed by atoms with Crippen LogP contribution in [0.1, 0.15) is 46.0 Å². The molecule has 0 amide bonds. The maximum absolute atomic E-state index is 11.6. The molecule has 0 fully saturated rings. The topological polar surface area (TPSA) is 119 Å². The minimum absolute atomic E-state index is 0.149. The summed E-state index contributed by atoms with van der Waals surface area (Å²) < 4.78 is 24.7. The predicted molar refractivity (Wildman–Crippen MR) is 73.3 cm³/mol. The summed E-state index contributed by atoms with van der Waals surface area (Å²) >= 11 is 0. The van der Waals surface area contributed by atoms with Gasteiger partial charge in [-0.2, -0.15) is 0 Å². The molecular formula is C12H23O8P. The molecule has 0 saturated heterocycles. The lowest BCUT2D eigenvalue weighted by atomic mass is 10.2. The van der Waals surface area contributed by atoms with Crippen molar-refractivity contribution in [3.8, 4) is 0 Å². The molecule has 124 valence electrons. The van der Waals surface area contributed by atoms with E-state index in [4.69, 9.17) is 19.3 Å². The van der Waals surface area contributed by atoms with Crippen LogP contribution in [0.2, 0.25) is 0 Å². The molecule has 8 nitrogen and oxygen atoms in total. The molecule has 9 heteroatoms. The minimum atomic E-state index is -4.68. The Morgan fingerprint density at radius 1 is 1.10 bits per heavy atom.